The van der Waals surface area contributed by atoms with E-state index in [0.717, 1.165) is 53.4 Å². The lowest BCUT2D eigenvalue weighted by Gasteiger charge is -2.28. The van der Waals surface area contributed by atoms with Crippen molar-refractivity contribution in [3.63, 3.8) is 0 Å². The van der Waals surface area contributed by atoms with Crippen molar-refractivity contribution in [3.8, 4) is 0 Å². The lowest BCUT2D eigenvalue weighted by Crippen LogP contribution is -2.38. The van der Waals surface area contributed by atoms with Crippen molar-refractivity contribution in [2.24, 2.45) is 5.10 Å². The smallest absolute Gasteiger partial charge is 0.245 e. The molecule has 3 aromatic rings. The number of aryl methyl sites for hydroxylation is 2. The van der Waals surface area contributed by atoms with Gasteiger partial charge in [0.2, 0.25) is 5.95 Å². The molecule has 0 bridgehead atoms. The summed E-state index contributed by atoms with van der Waals surface area (Å²) in [6.45, 7) is 7.20. The molecule has 0 radical (unpaired) electrons. The van der Waals surface area contributed by atoms with Gasteiger partial charge in [-0.3, -0.25) is 0 Å². The molecular weight excluding hydrogens is 421 g/mol. The molecular formula is C23H28N7OP. The third-order valence-corrected chi connectivity index (χ3v) is 5.54. The zero-order valence-electron chi connectivity index (χ0n) is 18.4. The summed E-state index contributed by atoms with van der Waals surface area (Å²) < 4.78 is 5.43. The summed E-state index contributed by atoms with van der Waals surface area (Å²) in [5, 5.41) is 8.69. The standard InChI is InChI=1S/C23H28N7OP/c1-3-19-20(26-17-6-4-16(2)5-7-17)9-8-18(27-19)14-25-29-23-24-15-21(32)22(28-23)30-10-12-31-13-11-30/h4-9,14-15,26H,3,10-13,32H2,1-2H3,(H,24,28,29)/b25-14+. The van der Waals surface area contributed by atoms with Crippen molar-refractivity contribution in [1.29, 1.82) is 0 Å². The molecule has 0 spiro atoms. The van der Waals surface area contributed by atoms with Crippen LogP contribution in [0.3, 0.4) is 0 Å². The molecule has 1 unspecified atom stereocenters. The quantitative estimate of drug-likeness (QED) is 0.325. The Kier molecular flexibility index (Phi) is 7.24. The summed E-state index contributed by atoms with van der Waals surface area (Å²) in [6, 6.07) is 12.3. The molecule has 1 aliphatic rings. The summed E-state index contributed by atoms with van der Waals surface area (Å²) in [4.78, 5) is 15.8. The van der Waals surface area contributed by atoms with E-state index in [-0.39, 0.29) is 0 Å². The number of anilines is 4. The minimum atomic E-state index is 0.447. The first kappa shape index (κ1) is 22.1. The maximum Gasteiger partial charge on any atom is 0.245 e. The van der Waals surface area contributed by atoms with Crippen LogP contribution in [-0.4, -0.2) is 47.5 Å². The van der Waals surface area contributed by atoms with Gasteiger partial charge in [-0.25, -0.2) is 15.4 Å². The van der Waals surface area contributed by atoms with Gasteiger partial charge in [0.15, 0.2) is 0 Å². The molecule has 0 amide bonds. The predicted molar refractivity (Wildman–Crippen MR) is 134 cm³/mol. The van der Waals surface area contributed by atoms with Gasteiger partial charge in [-0.2, -0.15) is 10.1 Å². The average molecular weight is 449 g/mol. The van der Waals surface area contributed by atoms with Crippen molar-refractivity contribution >= 4 is 43.9 Å². The summed E-state index contributed by atoms with van der Waals surface area (Å²) in [7, 11) is 2.69. The molecule has 1 fully saturated rings. The number of benzene rings is 1. The van der Waals surface area contributed by atoms with E-state index in [2.05, 4.69) is 78.1 Å². The SMILES string of the molecule is CCc1nc(/C=N/Nc2ncc(P)c(N3CCOCC3)n2)ccc1Nc1ccc(C)cc1. The second-order valence-electron chi connectivity index (χ2n) is 7.52. The van der Waals surface area contributed by atoms with E-state index in [0.29, 0.717) is 19.2 Å². The lowest BCUT2D eigenvalue weighted by molar-refractivity contribution is 0.122. The zero-order valence-corrected chi connectivity index (χ0v) is 19.5. The Balaban J connectivity index is 1.43. The molecule has 1 aromatic carbocycles. The highest BCUT2D eigenvalue weighted by molar-refractivity contribution is 7.28. The van der Waals surface area contributed by atoms with Gasteiger partial charge in [0, 0.05) is 30.3 Å². The van der Waals surface area contributed by atoms with Gasteiger partial charge < -0.3 is 15.0 Å². The third-order valence-electron chi connectivity index (χ3n) is 5.13. The molecule has 1 saturated heterocycles. The maximum atomic E-state index is 5.43. The molecule has 8 nitrogen and oxygen atoms in total. The van der Waals surface area contributed by atoms with E-state index >= 15 is 0 Å². The summed E-state index contributed by atoms with van der Waals surface area (Å²) in [5.41, 5.74) is 7.94. The Bertz CT molecular complexity index is 1080. The van der Waals surface area contributed by atoms with Crippen LogP contribution in [0.4, 0.5) is 23.1 Å². The van der Waals surface area contributed by atoms with Crippen LogP contribution >= 0.6 is 9.24 Å². The van der Waals surface area contributed by atoms with Crippen molar-refractivity contribution < 1.29 is 4.74 Å². The molecule has 1 aliphatic heterocycles. The highest BCUT2D eigenvalue weighted by Gasteiger charge is 2.15. The number of pyridine rings is 1. The van der Waals surface area contributed by atoms with Gasteiger partial charge in [-0.1, -0.05) is 33.9 Å². The normalized spacial score (nSPS) is 14.0. The van der Waals surface area contributed by atoms with Crippen LogP contribution in [0.2, 0.25) is 0 Å². The number of morpholine rings is 1. The number of nitrogens with zero attached hydrogens (tertiary/aromatic N) is 5. The highest BCUT2D eigenvalue weighted by Crippen LogP contribution is 2.21. The lowest BCUT2D eigenvalue weighted by atomic mass is 10.2. The molecule has 0 saturated carbocycles. The van der Waals surface area contributed by atoms with E-state index < -0.39 is 0 Å². The Labute approximate surface area is 190 Å². The molecule has 2 aromatic heterocycles. The van der Waals surface area contributed by atoms with Gasteiger partial charge in [0.1, 0.15) is 5.82 Å². The molecule has 9 heteroatoms. The Morgan fingerprint density at radius 3 is 2.66 bits per heavy atom. The van der Waals surface area contributed by atoms with E-state index in [4.69, 9.17) is 9.72 Å². The minimum Gasteiger partial charge on any atom is -0.378 e. The summed E-state index contributed by atoms with van der Waals surface area (Å²) in [5.74, 6) is 1.33. The van der Waals surface area contributed by atoms with Crippen LogP contribution in [0.5, 0.6) is 0 Å². The van der Waals surface area contributed by atoms with Crippen molar-refractivity contribution in [2.75, 3.05) is 41.9 Å². The largest absolute Gasteiger partial charge is 0.378 e. The number of hydrogen-bond donors (Lipinski definition) is 2. The minimum absolute atomic E-state index is 0.447. The number of hydrogen-bond acceptors (Lipinski definition) is 8. The number of aromatic nitrogens is 3. The first-order valence-electron chi connectivity index (χ1n) is 10.7. The molecule has 0 aliphatic carbocycles. The van der Waals surface area contributed by atoms with Crippen LogP contribution < -0.4 is 20.9 Å². The Morgan fingerprint density at radius 1 is 1.12 bits per heavy atom. The van der Waals surface area contributed by atoms with E-state index in [1.165, 1.54) is 5.56 Å². The molecule has 4 rings (SSSR count). The first-order chi connectivity index (χ1) is 15.6. The molecule has 3 heterocycles. The maximum absolute atomic E-state index is 5.43. The summed E-state index contributed by atoms with van der Waals surface area (Å²) in [6.07, 6.45) is 4.27. The summed E-state index contributed by atoms with van der Waals surface area (Å²) >= 11 is 0. The number of ether oxygens (including phenoxy) is 1. The van der Waals surface area contributed by atoms with Gasteiger partial charge in [0.05, 0.1) is 36.5 Å². The first-order valence-corrected chi connectivity index (χ1v) is 11.3. The fraction of sp³-hybridized carbons (Fsp3) is 0.304. The number of rotatable bonds is 7. The van der Waals surface area contributed by atoms with Crippen LogP contribution in [0, 0.1) is 6.92 Å². The zero-order chi connectivity index (χ0) is 22.3. The van der Waals surface area contributed by atoms with Crippen LogP contribution in [-0.2, 0) is 11.2 Å². The van der Waals surface area contributed by atoms with Gasteiger partial charge in [-0.05, 0) is 37.6 Å². The number of hydrazone groups is 1. The van der Waals surface area contributed by atoms with E-state index in [1.807, 2.05) is 12.1 Å². The Hall–Kier alpha value is -3.09. The van der Waals surface area contributed by atoms with Crippen LogP contribution in [0.25, 0.3) is 0 Å². The van der Waals surface area contributed by atoms with Crippen LogP contribution in [0.15, 0.2) is 47.7 Å². The number of nitrogens with one attached hydrogen (secondary N) is 2. The monoisotopic (exact) mass is 449 g/mol. The van der Waals surface area contributed by atoms with Gasteiger partial charge >= 0.3 is 0 Å². The fourth-order valence-electron chi connectivity index (χ4n) is 3.39. The van der Waals surface area contributed by atoms with Crippen molar-refractivity contribution in [1.82, 2.24) is 15.0 Å². The predicted octanol–water partition coefficient (Wildman–Crippen LogP) is 3.27. The third kappa shape index (κ3) is 5.58. The second-order valence-corrected chi connectivity index (χ2v) is 8.14. The Morgan fingerprint density at radius 2 is 1.91 bits per heavy atom. The molecule has 2 N–H and O–H groups in total. The fourth-order valence-corrected chi connectivity index (χ4v) is 3.71. The van der Waals surface area contributed by atoms with Crippen LogP contribution in [0.1, 0.15) is 23.9 Å². The van der Waals surface area contributed by atoms with Gasteiger partial charge in [0.25, 0.3) is 0 Å². The topological polar surface area (TPSA) is 87.6 Å². The average Bonchev–Trinajstić information content (AvgIpc) is 2.83. The molecule has 1 atom stereocenters. The van der Waals surface area contributed by atoms with E-state index in [9.17, 15) is 0 Å². The highest BCUT2D eigenvalue weighted by atomic mass is 31.0. The van der Waals surface area contributed by atoms with Crippen molar-refractivity contribution in [2.45, 2.75) is 20.3 Å². The van der Waals surface area contributed by atoms with Crippen molar-refractivity contribution in [3.05, 3.63) is 59.5 Å². The second kappa shape index (κ2) is 10.5. The molecule has 166 valence electrons. The van der Waals surface area contributed by atoms with Gasteiger partial charge in [-0.15, -0.1) is 0 Å². The molecule has 32 heavy (non-hydrogen) atoms. The van der Waals surface area contributed by atoms with E-state index in [1.54, 1.807) is 12.4 Å².